The lowest BCUT2D eigenvalue weighted by Crippen LogP contribution is -2.19. The highest BCUT2D eigenvalue weighted by Gasteiger charge is 2.27. The van der Waals surface area contributed by atoms with Crippen molar-refractivity contribution in [3.05, 3.63) is 83.8 Å². The standard InChI is InChI=1S/C22H21BrN2O/c1-14-12-15(10-11-19(14)23)22(26)25-21-9-5-3-7-17(21)18-13-24-20-8-4-2-6-16(18)20/h2-5,7-14,16,19,24H,6H2,1H3,(H,25,26). The predicted molar refractivity (Wildman–Crippen MR) is 111 cm³/mol. The van der Waals surface area contributed by atoms with Gasteiger partial charge in [-0.2, -0.15) is 0 Å². The number of nitrogens with one attached hydrogen (secondary N) is 2. The second-order valence-corrected chi connectivity index (χ2v) is 7.92. The fourth-order valence-electron chi connectivity index (χ4n) is 3.59. The van der Waals surface area contributed by atoms with Crippen LogP contribution in [0.3, 0.4) is 0 Å². The van der Waals surface area contributed by atoms with Gasteiger partial charge in [0.1, 0.15) is 0 Å². The summed E-state index contributed by atoms with van der Waals surface area (Å²) in [5.74, 6) is 0.561. The van der Waals surface area contributed by atoms with Gasteiger partial charge in [-0.15, -0.1) is 0 Å². The summed E-state index contributed by atoms with van der Waals surface area (Å²) in [7, 11) is 0. The summed E-state index contributed by atoms with van der Waals surface area (Å²) in [5, 5.41) is 6.48. The zero-order valence-electron chi connectivity index (χ0n) is 14.6. The molecule has 1 heterocycles. The summed E-state index contributed by atoms with van der Waals surface area (Å²) in [6, 6.07) is 8.02. The Morgan fingerprint density at radius 1 is 1.31 bits per heavy atom. The molecule has 0 spiro atoms. The van der Waals surface area contributed by atoms with Crippen molar-refractivity contribution in [3.8, 4) is 0 Å². The first-order chi connectivity index (χ1) is 12.6. The van der Waals surface area contributed by atoms with E-state index in [-0.39, 0.29) is 10.7 Å². The molecule has 0 bridgehead atoms. The summed E-state index contributed by atoms with van der Waals surface area (Å²) in [4.78, 5) is 13.0. The molecule has 2 N–H and O–H groups in total. The second kappa shape index (κ2) is 7.12. The first-order valence-electron chi connectivity index (χ1n) is 8.91. The minimum atomic E-state index is -0.0641. The molecule has 1 aromatic rings. The molecule has 4 rings (SSSR count). The number of fused-ring (bicyclic) bond motifs is 1. The summed E-state index contributed by atoms with van der Waals surface area (Å²) in [5.41, 5.74) is 5.08. The Labute approximate surface area is 162 Å². The maximum atomic E-state index is 12.8. The van der Waals surface area contributed by atoms with Crippen molar-refractivity contribution in [2.24, 2.45) is 11.8 Å². The normalized spacial score (nSPS) is 26.4. The molecule has 3 nitrogen and oxygen atoms in total. The molecular formula is C22H21BrN2O. The highest BCUT2D eigenvalue weighted by Crippen LogP contribution is 2.39. The molecule has 132 valence electrons. The molecule has 3 unspecified atom stereocenters. The van der Waals surface area contributed by atoms with Crippen LogP contribution in [-0.4, -0.2) is 10.7 Å². The monoisotopic (exact) mass is 408 g/mol. The van der Waals surface area contributed by atoms with Crippen LogP contribution in [0.1, 0.15) is 18.9 Å². The fourth-order valence-corrected chi connectivity index (χ4v) is 3.90. The molecule has 3 atom stereocenters. The Kier molecular flexibility index (Phi) is 4.68. The number of benzene rings is 1. The van der Waals surface area contributed by atoms with Gasteiger partial charge in [-0.25, -0.2) is 0 Å². The Morgan fingerprint density at radius 2 is 2.15 bits per heavy atom. The number of rotatable bonds is 3. The van der Waals surface area contributed by atoms with Crippen LogP contribution in [0.15, 0.2) is 78.2 Å². The molecule has 4 heteroatoms. The van der Waals surface area contributed by atoms with Gasteiger partial charge in [0, 0.05) is 39.5 Å². The van der Waals surface area contributed by atoms with Crippen molar-refractivity contribution < 1.29 is 4.79 Å². The average molecular weight is 409 g/mol. The van der Waals surface area contributed by atoms with Gasteiger partial charge in [0.15, 0.2) is 0 Å². The van der Waals surface area contributed by atoms with E-state index < -0.39 is 0 Å². The van der Waals surface area contributed by atoms with Gasteiger partial charge in [0.25, 0.3) is 5.91 Å². The van der Waals surface area contributed by atoms with Crippen molar-refractivity contribution in [2.75, 3.05) is 5.32 Å². The third kappa shape index (κ3) is 3.21. The van der Waals surface area contributed by atoms with E-state index in [0.29, 0.717) is 17.4 Å². The fraction of sp³-hybridized carbons (Fsp3) is 0.227. The first kappa shape index (κ1) is 17.1. The lowest BCUT2D eigenvalue weighted by Gasteiger charge is -2.20. The predicted octanol–water partition coefficient (Wildman–Crippen LogP) is 4.93. The number of carbonyl (C=O) groups excluding carboxylic acids is 1. The summed E-state index contributed by atoms with van der Waals surface area (Å²) >= 11 is 3.60. The molecule has 0 saturated carbocycles. The molecule has 0 fully saturated rings. The van der Waals surface area contributed by atoms with Gasteiger partial charge in [0.2, 0.25) is 0 Å². The van der Waals surface area contributed by atoms with Gasteiger partial charge < -0.3 is 10.6 Å². The zero-order valence-corrected chi connectivity index (χ0v) is 16.2. The number of anilines is 1. The third-order valence-corrected chi connectivity index (χ3v) is 6.22. The number of para-hydroxylation sites is 1. The SMILES string of the molecule is CC1C=C(C(=O)Nc2ccccc2C2=CNC3=CC=CCC32)C=CC1Br. The Hall–Kier alpha value is -2.33. The van der Waals surface area contributed by atoms with Crippen molar-refractivity contribution in [2.45, 2.75) is 18.2 Å². The molecular weight excluding hydrogens is 388 g/mol. The number of allylic oxidation sites excluding steroid dienone is 6. The number of halogens is 1. The van der Waals surface area contributed by atoms with Crippen molar-refractivity contribution in [1.82, 2.24) is 5.32 Å². The molecule has 1 aliphatic heterocycles. The van der Waals surface area contributed by atoms with Crippen LogP contribution in [0, 0.1) is 11.8 Å². The zero-order chi connectivity index (χ0) is 18.1. The first-order valence-corrected chi connectivity index (χ1v) is 9.83. The average Bonchev–Trinajstić information content (AvgIpc) is 3.08. The van der Waals surface area contributed by atoms with Crippen molar-refractivity contribution in [1.29, 1.82) is 0 Å². The number of alkyl halides is 1. The highest BCUT2D eigenvalue weighted by atomic mass is 79.9. The van der Waals surface area contributed by atoms with Crippen LogP contribution < -0.4 is 10.6 Å². The maximum Gasteiger partial charge on any atom is 0.255 e. The molecule has 2 aliphatic carbocycles. The van der Waals surface area contributed by atoms with Crippen LogP contribution in [0.25, 0.3) is 5.57 Å². The number of hydrogen-bond donors (Lipinski definition) is 2. The third-order valence-electron chi connectivity index (χ3n) is 5.08. The molecule has 1 aromatic carbocycles. The van der Waals surface area contributed by atoms with E-state index in [9.17, 15) is 4.79 Å². The molecule has 0 radical (unpaired) electrons. The molecule has 0 aromatic heterocycles. The van der Waals surface area contributed by atoms with Crippen LogP contribution >= 0.6 is 15.9 Å². The minimum absolute atomic E-state index is 0.0641. The maximum absolute atomic E-state index is 12.8. The summed E-state index contributed by atoms with van der Waals surface area (Å²) < 4.78 is 0. The quantitative estimate of drug-likeness (QED) is 0.696. The largest absolute Gasteiger partial charge is 0.364 e. The summed E-state index contributed by atoms with van der Waals surface area (Å²) in [6.07, 6.45) is 15.4. The van der Waals surface area contributed by atoms with Gasteiger partial charge in [-0.3, -0.25) is 4.79 Å². The second-order valence-electron chi connectivity index (χ2n) is 6.87. The molecule has 1 amide bonds. The van der Waals surface area contributed by atoms with Crippen molar-refractivity contribution in [3.63, 3.8) is 0 Å². The van der Waals surface area contributed by atoms with Crippen LogP contribution in [-0.2, 0) is 4.79 Å². The van der Waals surface area contributed by atoms with E-state index in [0.717, 1.165) is 17.7 Å². The summed E-state index contributed by atoms with van der Waals surface area (Å²) in [6.45, 7) is 2.10. The van der Waals surface area contributed by atoms with E-state index in [1.165, 1.54) is 11.3 Å². The minimum Gasteiger partial charge on any atom is -0.364 e. The lowest BCUT2D eigenvalue weighted by atomic mass is 9.87. The molecule has 26 heavy (non-hydrogen) atoms. The molecule has 3 aliphatic rings. The van der Waals surface area contributed by atoms with E-state index >= 15 is 0 Å². The van der Waals surface area contributed by atoms with E-state index in [4.69, 9.17) is 0 Å². The smallest absolute Gasteiger partial charge is 0.255 e. The van der Waals surface area contributed by atoms with E-state index in [1.54, 1.807) is 0 Å². The Morgan fingerprint density at radius 3 is 3.00 bits per heavy atom. The van der Waals surface area contributed by atoms with Crippen LogP contribution in [0.4, 0.5) is 5.69 Å². The van der Waals surface area contributed by atoms with Crippen molar-refractivity contribution >= 4 is 33.1 Å². The number of amides is 1. The Balaban J connectivity index is 1.59. The van der Waals surface area contributed by atoms with Crippen LogP contribution in [0.2, 0.25) is 0 Å². The van der Waals surface area contributed by atoms with Gasteiger partial charge in [0.05, 0.1) is 0 Å². The van der Waals surface area contributed by atoms with E-state index in [2.05, 4.69) is 64.0 Å². The van der Waals surface area contributed by atoms with Gasteiger partial charge >= 0.3 is 0 Å². The lowest BCUT2D eigenvalue weighted by molar-refractivity contribution is -0.112. The van der Waals surface area contributed by atoms with Crippen LogP contribution in [0.5, 0.6) is 0 Å². The highest BCUT2D eigenvalue weighted by molar-refractivity contribution is 9.09. The molecule has 0 saturated heterocycles. The number of hydrogen-bond acceptors (Lipinski definition) is 2. The number of carbonyl (C=O) groups is 1. The van der Waals surface area contributed by atoms with Gasteiger partial charge in [-0.05, 0) is 30.1 Å². The van der Waals surface area contributed by atoms with E-state index in [1.807, 2.05) is 36.4 Å². The Bertz CT molecular complexity index is 891. The van der Waals surface area contributed by atoms with Gasteiger partial charge in [-0.1, -0.05) is 71.4 Å². The topological polar surface area (TPSA) is 41.1 Å².